The average molecular weight is 281 g/mol. The minimum atomic E-state index is -2.06. The van der Waals surface area contributed by atoms with Crippen LogP contribution in [0, 0.1) is 0 Å². The minimum Gasteiger partial charge on any atom is -0.479 e. The van der Waals surface area contributed by atoms with E-state index in [1.54, 1.807) is 0 Å². The summed E-state index contributed by atoms with van der Waals surface area (Å²) in [6.07, 6.45) is 0. The van der Waals surface area contributed by atoms with Crippen LogP contribution in [-0.2, 0) is 4.79 Å². The van der Waals surface area contributed by atoms with Gasteiger partial charge in [0.05, 0.1) is 6.54 Å². The van der Waals surface area contributed by atoms with Crippen molar-refractivity contribution in [2.75, 3.05) is 11.9 Å². The zero-order valence-electron chi connectivity index (χ0n) is 10.7. The van der Waals surface area contributed by atoms with E-state index in [-0.39, 0.29) is 5.56 Å². The van der Waals surface area contributed by atoms with Gasteiger partial charge >= 0.3 is 12.0 Å². The number of amides is 3. The molecule has 0 aliphatic heterocycles. The van der Waals surface area contributed by atoms with Crippen molar-refractivity contribution in [1.29, 1.82) is 0 Å². The number of carbonyl (C=O) groups excluding carboxylic acids is 2. The summed E-state index contributed by atoms with van der Waals surface area (Å²) in [7, 11) is 0. The maximum atomic E-state index is 11.8. The summed E-state index contributed by atoms with van der Waals surface area (Å²) >= 11 is 0. The molecule has 108 valence electrons. The Bertz CT molecular complexity index is 542. The van der Waals surface area contributed by atoms with Crippen molar-refractivity contribution in [3.05, 3.63) is 29.8 Å². The van der Waals surface area contributed by atoms with Crippen LogP contribution in [0.25, 0.3) is 0 Å². The number of benzene rings is 1. The molecule has 0 aliphatic rings. The number of anilines is 1. The van der Waals surface area contributed by atoms with E-state index in [9.17, 15) is 19.5 Å². The molecule has 1 atom stereocenters. The van der Waals surface area contributed by atoms with E-state index in [0.29, 0.717) is 5.69 Å². The van der Waals surface area contributed by atoms with Gasteiger partial charge in [0.1, 0.15) is 0 Å². The first kappa shape index (κ1) is 15.4. The molecule has 0 saturated heterocycles. The van der Waals surface area contributed by atoms with Crippen LogP contribution in [0.5, 0.6) is 0 Å². The van der Waals surface area contributed by atoms with Gasteiger partial charge in [-0.2, -0.15) is 0 Å². The predicted molar refractivity (Wildman–Crippen MR) is 70.2 cm³/mol. The molecule has 0 bridgehead atoms. The van der Waals surface area contributed by atoms with Crippen molar-refractivity contribution in [3.8, 4) is 0 Å². The molecule has 0 heterocycles. The van der Waals surface area contributed by atoms with Crippen molar-refractivity contribution < 1.29 is 24.6 Å². The molecule has 0 saturated carbocycles. The van der Waals surface area contributed by atoms with Crippen molar-refractivity contribution in [2.24, 2.45) is 5.73 Å². The van der Waals surface area contributed by atoms with E-state index in [4.69, 9.17) is 10.8 Å². The fraction of sp³-hybridized carbons (Fsp3) is 0.250. The molecule has 0 fully saturated rings. The summed E-state index contributed by atoms with van der Waals surface area (Å²) in [5, 5.41) is 22.8. The second-order valence-corrected chi connectivity index (χ2v) is 4.33. The number of nitrogens with two attached hydrogens (primary N) is 1. The number of nitrogens with one attached hydrogen (secondary N) is 2. The van der Waals surface area contributed by atoms with Gasteiger partial charge < -0.3 is 26.6 Å². The van der Waals surface area contributed by atoms with Crippen LogP contribution in [0.1, 0.15) is 17.3 Å². The zero-order chi connectivity index (χ0) is 15.3. The molecule has 1 unspecified atom stereocenters. The summed E-state index contributed by atoms with van der Waals surface area (Å²) in [5.74, 6) is -2.03. The molecule has 8 nitrogen and oxygen atoms in total. The smallest absolute Gasteiger partial charge is 0.337 e. The van der Waals surface area contributed by atoms with Gasteiger partial charge in [0.25, 0.3) is 5.91 Å². The SMILES string of the molecule is CC(O)(CNC(=O)c1cccc(NC(N)=O)c1)C(=O)O. The van der Waals surface area contributed by atoms with Crippen LogP contribution >= 0.6 is 0 Å². The van der Waals surface area contributed by atoms with Gasteiger partial charge in [0.15, 0.2) is 5.60 Å². The van der Waals surface area contributed by atoms with Crippen molar-refractivity contribution >= 4 is 23.6 Å². The lowest BCUT2D eigenvalue weighted by atomic mass is 10.1. The summed E-state index contributed by atoms with van der Waals surface area (Å²) in [5.41, 5.74) is 3.41. The van der Waals surface area contributed by atoms with Gasteiger partial charge in [-0.25, -0.2) is 9.59 Å². The third-order valence-corrected chi connectivity index (χ3v) is 2.45. The first-order chi connectivity index (χ1) is 9.22. The Morgan fingerprint density at radius 1 is 1.35 bits per heavy atom. The summed E-state index contributed by atoms with van der Waals surface area (Å²) in [4.78, 5) is 33.2. The highest BCUT2D eigenvalue weighted by Crippen LogP contribution is 2.10. The van der Waals surface area contributed by atoms with Gasteiger partial charge in [0.2, 0.25) is 0 Å². The van der Waals surface area contributed by atoms with Gasteiger partial charge in [-0.3, -0.25) is 4.79 Å². The Kier molecular flexibility index (Phi) is 4.65. The number of primary amides is 1. The average Bonchev–Trinajstić information content (AvgIpc) is 2.35. The predicted octanol–water partition coefficient (Wildman–Crippen LogP) is -0.257. The Hall–Kier alpha value is -2.61. The molecule has 0 aromatic heterocycles. The molecule has 1 rings (SSSR count). The number of urea groups is 1. The standard InChI is InChI=1S/C12H15N3O5/c1-12(20,10(17)18)6-14-9(16)7-3-2-4-8(5-7)15-11(13)19/h2-5,20H,6H2,1H3,(H,14,16)(H,17,18)(H3,13,15,19). The van der Waals surface area contributed by atoms with E-state index in [0.717, 1.165) is 6.92 Å². The number of rotatable bonds is 5. The number of carbonyl (C=O) groups is 3. The highest BCUT2D eigenvalue weighted by atomic mass is 16.4. The second-order valence-electron chi connectivity index (χ2n) is 4.33. The van der Waals surface area contributed by atoms with E-state index in [1.807, 2.05) is 0 Å². The lowest BCUT2D eigenvalue weighted by Crippen LogP contribution is -2.46. The van der Waals surface area contributed by atoms with Crippen LogP contribution in [-0.4, -0.2) is 40.3 Å². The number of carboxylic acids is 1. The van der Waals surface area contributed by atoms with Crippen LogP contribution in [0.2, 0.25) is 0 Å². The fourth-order valence-electron chi connectivity index (χ4n) is 1.31. The number of aliphatic carboxylic acids is 1. The van der Waals surface area contributed by atoms with E-state index < -0.39 is 30.1 Å². The Balaban J connectivity index is 2.73. The minimum absolute atomic E-state index is 0.192. The maximum absolute atomic E-state index is 11.8. The van der Waals surface area contributed by atoms with Crippen molar-refractivity contribution in [3.63, 3.8) is 0 Å². The molecule has 0 radical (unpaired) electrons. The molecule has 0 spiro atoms. The Morgan fingerprint density at radius 3 is 2.55 bits per heavy atom. The third kappa shape index (κ3) is 4.25. The Labute approximate surface area is 114 Å². The van der Waals surface area contributed by atoms with Gasteiger partial charge in [0, 0.05) is 11.3 Å². The van der Waals surface area contributed by atoms with Gasteiger partial charge in [-0.05, 0) is 25.1 Å². The monoisotopic (exact) mass is 281 g/mol. The first-order valence-corrected chi connectivity index (χ1v) is 5.63. The molecular weight excluding hydrogens is 266 g/mol. The van der Waals surface area contributed by atoms with Gasteiger partial charge in [-0.15, -0.1) is 0 Å². The van der Waals surface area contributed by atoms with E-state index in [1.165, 1.54) is 24.3 Å². The first-order valence-electron chi connectivity index (χ1n) is 5.63. The number of aliphatic hydroxyl groups is 1. The summed E-state index contributed by atoms with van der Waals surface area (Å²) < 4.78 is 0. The zero-order valence-corrected chi connectivity index (χ0v) is 10.7. The Morgan fingerprint density at radius 2 is 2.00 bits per heavy atom. The molecule has 3 amide bonds. The van der Waals surface area contributed by atoms with E-state index >= 15 is 0 Å². The van der Waals surface area contributed by atoms with Crippen molar-refractivity contribution in [2.45, 2.75) is 12.5 Å². The van der Waals surface area contributed by atoms with Crippen LogP contribution in [0.3, 0.4) is 0 Å². The normalized spacial score (nSPS) is 13.1. The molecule has 20 heavy (non-hydrogen) atoms. The van der Waals surface area contributed by atoms with Crippen molar-refractivity contribution in [1.82, 2.24) is 5.32 Å². The summed E-state index contributed by atoms with van der Waals surface area (Å²) in [6, 6.07) is 5.13. The summed E-state index contributed by atoms with van der Waals surface area (Å²) in [6.45, 7) is 0.620. The number of hydrogen-bond acceptors (Lipinski definition) is 4. The third-order valence-electron chi connectivity index (χ3n) is 2.45. The number of carboxylic acid groups (broad SMARTS) is 1. The highest BCUT2D eigenvalue weighted by Gasteiger charge is 2.30. The maximum Gasteiger partial charge on any atom is 0.337 e. The fourth-order valence-corrected chi connectivity index (χ4v) is 1.31. The lowest BCUT2D eigenvalue weighted by molar-refractivity contribution is -0.155. The molecule has 1 aromatic carbocycles. The van der Waals surface area contributed by atoms with Crippen LogP contribution in [0.15, 0.2) is 24.3 Å². The van der Waals surface area contributed by atoms with Crippen LogP contribution in [0.4, 0.5) is 10.5 Å². The molecule has 0 aliphatic carbocycles. The van der Waals surface area contributed by atoms with Crippen LogP contribution < -0.4 is 16.4 Å². The molecular formula is C12H15N3O5. The molecule has 8 heteroatoms. The molecule has 6 N–H and O–H groups in total. The number of hydrogen-bond donors (Lipinski definition) is 5. The second kappa shape index (κ2) is 6.02. The molecule has 1 aromatic rings. The topological polar surface area (TPSA) is 142 Å². The van der Waals surface area contributed by atoms with Gasteiger partial charge in [-0.1, -0.05) is 6.07 Å². The van der Waals surface area contributed by atoms with E-state index in [2.05, 4.69) is 10.6 Å². The lowest BCUT2D eigenvalue weighted by Gasteiger charge is -2.18. The quantitative estimate of drug-likeness (QED) is 0.505. The highest BCUT2D eigenvalue weighted by molar-refractivity contribution is 5.97. The largest absolute Gasteiger partial charge is 0.479 e.